The minimum atomic E-state index is -2.76. The van der Waals surface area contributed by atoms with Gasteiger partial charge in [-0.15, -0.1) is 0 Å². The summed E-state index contributed by atoms with van der Waals surface area (Å²) in [6, 6.07) is 15.0. The summed E-state index contributed by atoms with van der Waals surface area (Å²) in [5.41, 5.74) is 3.52. The lowest BCUT2D eigenvalue weighted by Crippen LogP contribution is -2.07. The topological polar surface area (TPSA) is 0 Å². The standard InChI is InChI=1S/C17H18F2/c1-13-6-8-14(9-7-13)10-11-15-4-3-5-16(12-15)17(2,18)19/h3-9,12H,10-11H2,1-2H3. The molecule has 0 aliphatic heterocycles. The van der Waals surface area contributed by atoms with Crippen molar-refractivity contribution in [2.45, 2.75) is 32.6 Å². The van der Waals surface area contributed by atoms with Gasteiger partial charge in [-0.05, 0) is 37.0 Å². The lowest BCUT2D eigenvalue weighted by Gasteiger charge is -2.12. The van der Waals surface area contributed by atoms with E-state index in [1.807, 2.05) is 6.07 Å². The summed E-state index contributed by atoms with van der Waals surface area (Å²) in [4.78, 5) is 0. The first-order valence-electron chi connectivity index (χ1n) is 6.48. The van der Waals surface area contributed by atoms with Crippen LogP contribution in [0.25, 0.3) is 0 Å². The van der Waals surface area contributed by atoms with Gasteiger partial charge in [0.25, 0.3) is 5.92 Å². The van der Waals surface area contributed by atoms with Crippen molar-refractivity contribution in [2.24, 2.45) is 0 Å². The minimum Gasteiger partial charge on any atom is -0.202 e. The molecule has 0 N–H and O–H groups in total. The molecule has 0 radical (unpaired) electrons. The van der Waals surface area contributed by atoms with E-state index in [1.165, 1.54) is 17.2 Å². The van der Waals surface area contributed by atoms with Crippen molar-refractivity contribution < 1.29 is 8.78 Å². The van der Waals surface area contributed by atoms with E-state index in [4.69, 9.17) is 0 Å². The molecule has 19 heavy (non-hydrogen) atoms. The summed E-state index contributed by atoms with van der Waals surface area (Å²) in [5, 5.41) is 0. The second-order valence-electron chi connectivity index (χ2n) is 5.07. The predicted octanol–water partition coefficient (Wildman–Crippen LogP) is 4.89. The highest BCUT2D eigenvalue weighted by atomic mass is 19.3. The number of halogens is 2. The monoisotopic (exact) mass is 260 g/mol. The third-order valence-electron chi connectivity index (χ3n) is 3.26. The Labute approximate surface area is 113 Å². The summed E-state index contributed by atoms with van der Waals surface area (Å²) in [6.45, 7) is 2.99. The van der Waals surface area contributed by atoms with Gasteiger partial charge in [0, 0.05) is 12.5 Å². The van der Waals surface area contributed by atoms with Crippen LogP contribution in [-0.4, -0.2) is 0 Å². The van der Waals surface area contributed by atoms with Crippen molar-refractivity contribution in [1.82, 2.24) is 0 Å². The summed E-state index contributed by atoms with van der Waals surface area (Å²) in [5.74, 6) is -2.76. The highest BCUT2D eigenvalue weighted by Crippen LogP contribution is 2.27. The van der Waals surface area contributed by atoms with Gasteiger partial charge >= 0.3 is 0 Å². The molecule has 2 heteroatoms. The van der Waals surface area contributed by atoms with Crippen LogP contribution in [0.15, 0.2) is 48.5 Å². The average Bonchev–Trinajstić information content (AvgIpc) is 2.37. The van der Waals surface area contributed by atoms with Gasteiger partial charge in [0.1, 0.15) is 0 Å². The maximum atomic E-state index is 13.2. The molecule has 2 aromatic rings. The average molecular weight is 260 g/mol. The number of alkyl halides is 2. The summed E-state index contributed by atoms with van der Waals surface area (Å²) >= 11 is 0. The summed E-state index contributed by atoms with van der Waals surface area (Å²) < 4.78 is 26.5. The fraction of sp³-hybridized carbons (Fsp3) is 0.294. The molecule has 0 unspecified atom stereocenters. The van der Waals surface area contributed by atoms with Crippen molar-refractivity contribution in [3.63, 3.8) is 0 Å². The zero-order valence-corrected chi connectivity index (χ0v) is 11.3. The van der Waals surface area contributed by atoms with Crippen LogP contribution in [0.1, 0.15) is 29.2 Å². The van der Waals surface area contributed by atoms with Crippen molar-refractivity contribution in [3.8, 4) is 0 Å². The van der Waals surface area contributed by atoms with Gasteiger partial charge in [0.2, 0.25) is 0 Å². The summed E-state index contributed by atoms with van der Waals surface area (Å²) in [7, 11) is 0. The predicted molar refractivity (Wildman–Crippen MR) is 74.6 cm³/mol. The SMILES string of the molecule is Cc1ccc(CCc2cccc(C(C)(F)F)c2)cc1. The second-order valence-corrected chi connectivity index (χ2v) is 5.07. The molecular weight excluding hydrogens is 242 g/mol. The normalized spacial score (nSPS) is 11.6. The maximum Gasteiger partial charge on any atom is 0.270 e. The van der Waals surface area contributed by atoms with Crippen LogP contribution >= 0.6 is 0 Å². The van der Waals surface area contributed by atoms with E-state index in [0.29, 0.717) is 0 Å². The molecule has 0 atom stereocenters. The highest BCUT2D eigenvalue weighted by Gasteiger charge is 2.23. The van der Waals surface area contributed by atoms with Gasteiger partial charge in [-0.1, -0.05) is 48.0 Å². The first-order valence-corrected chi connectivity index (χ1v) is 6.48. The Morgan fingerprint density at radius 2 is 1.53 bits per heavy atom. The van der Waals surface area contributed by atoms with Crippen molar-refractivity contribution >= 4 is 0 Å². The molecule has 0 amide bonds. The molecule has 0 fully saturated rings. The van der Waals surface area contributed by atoms with E-state index >= 15 is 0 Å². The van der Waals surface area contributed by atoms with Gasteiger partial charge < -0.3 is 0 Å². The summed E-state index contributed by atoms with van der Waals surface area (Å²) in [6.07, 6.45) is 1.66. The molecule has 0 aliphatic carbocycles. The fourth-order valence-corrected chi connectivity index (χ4v) is 2.04. The van der Waals surface area contributed by atoms with Gasteiger partial charge in [-0.25, -0.2) is 8.78 Å². The minimum absolute atomic E-state index is 0.0916. The van der Waals surface area contributed by atoms with Gasteiger partial charge in [-0.2, -0.15) is 0 Å². The first-order chi connectivity index (χ1) is 8.95. The number of hydrogen-bond acceptors (Lipinski definition) is 0. The molecule has 0 nitrogen and oxygen atoms in total. The number of rotatable bonds is 4. The van der Waals surface area contributed by atoms with Crippen molar-refractivity contribution in [1.29, 1.82) is 0 Å². The molecule has 0 spiro atoms. The molecule has 0 bridgehead atoms. The van der Waals surface area contributed by atoms with Crippen LogP contribution in [0.5, 0.6) is 0 Å². The Morgan fingerprint density at radius 1 is 0.895 bits per heavy atom. The lowest BCUT2D eigenvalue weighted by molar-refractivity contribution is 0.0174. The molecule has 2 aromatic carbocycles. The molecule has 0 saturated heterocycles. The lowest BCUT2D eigenvalue weighted by atomic mass is 10.0. The van der Waals surface area contributed by atoms with Crippen LogP contribution in [0, 0.1) is 6.92 Å². The molecule has 0 saturated carbocycles. The van der Waals surface area contributed by atoms with E-state index in [-0.39, 0.29) is 5.56 Å². The Balaban J connectivity index is 2.05. The zero-order chi connectivity index (χ0) is 13.9. The van der Waals surface area contributed by atoms with Crippen LogP contribution in [0.2, 0.25) is 0 Å². The fourth-order valence-electron chi connectivity index (χ4n) is 2.04. The Hall–Kier alpha value is -1.70. The van der Waals surface area contributed by atoms with Gasteiger partial charge in [0.05, 0.1) is 0 Å². The third kappa shape index (κ3) is 3.88. The number of benzene rings is 2. The van der Waals surface area contributed by atoms with E-state index in [2.05, 4.69) is 31.2 Å². The van der Waals surface area contributed by atoms with Crippen LogP contribution in [0.3, 0.4) is 0 Å². The van der Waals surface area contributed by atoms with Crippen LogP contribution in [-0.2, 0) is 18.8 Å². The van der Waals surface area contributed by atoms with E-state index in [0.717, 1.165) is 25.3 Å². The molecule has 0 heterocycles. The Kier molecular flexibility index (Phi) is 3.98. The molecule has 100 valence electrons. The van der Waals surface area contributed by atoms with Gasteiger partial charge in [-0.3, -0.25) is 0 Å². The molecule has 0 aliphatic rings. The maximum absolute atomic E-state index is 13.2. The van der Waals surface area contributed by atoms with E-state index < -0.39 is 5.92 Å². The Bertz CT molecular complexity index is 536. The quantitative estimate of drug-likeness (QED) is 0.734. The Morgan fingerprint density at radius 3 is 2.16 bits per heavy atom. The van der Waals surface area contributed by atoms with Gasteiger partial charge in [0.15, 0.2) is 0 Å². The zero-order valence-electron chi connectivity index (χ0n) is 11.3. The van der Waals surface area contributed by atoms with E-state index in [1.54, 1.807) is 12.1 Å². The molecular formula is C17H18F2. The van der Waals surface area contributed by atoms with E-state index in [9.17, 15) is 8.78 Å². The van der Waals surface area contributed by atoms with Crippen molar-refractivity contribution in [2.75, 3.05) is 0 Å². The van der Waals surface area contributed by atoms with Crippen molar-refractivity contribution in [3.05, 3.63) is 70.8 Å². The van der Waals surface area contributed by atoms with Crippen LogP contribution in [0.4, 0.5) is 8.78 Å². The third-order valence-corrected chi connectivity index (χ3v) is 3.26. The molecule has 0 aromatic heterocycles. The number of hydrogen-bond donors (Lipinski definition) is 0. The molecule has 2 rings (SSSR count). The second kappa shape index (κ2) is 5.52. The number of aryl methyl sites for hydroxylation is 3. The van der Waals surface area contributed by atoms with Crippen LogP contribution < -0.4 is 0 Å². The first kappa shape index (κ1) is 13.7. The largest absolute Gasteiger partial charge is 0.270 e. The highest BCUT2D eigenvalue weighted by molar-refractivity contribution is 5.28. The smallest absolute Gasteiger partial charge is 0.202 e.